The van der Waals surface area contributed by atoms with Gasteiger partial charge in [-0.1, -0.05) is 12.1 Å². The highest BCUT2D eigenvalue weighted by Gasteiger charge is 2.44. The van der Waals surface area contributed by atoms with Gasteiger partial charge in [-0.15, -0.1) is 8.78 Å². The molecule has 3 heterocycles. The van der Waals surface area contributed by atoms with Crippen LogP contribution in [0.4, 0.5) is 8.78 Å². The molecule has 1 fully saturated rings. The predicted molar refractivity (Wildman–Crippen MR) is 88.9 cm³/mol. The Morgan fingerprint density at radius 2 is 2.23 bits per heavy atom. The number of aliphatic hydroxyl groups excluding tert-OH is 1. The highest BCUT2D eigenvalue weighted by Crippen LogP contribution is 2.44. The molecule has 0 saturated carbocycles. The molecule has 8 heteroatoms. The number of hydrogen-bond acceptors (Lipinski definition) is 5. The first-order valence-corrected chi connectivity index (χ1v) is 8.70. The normalized spacial score (nSPS) is 22.7. The van der Waals surface area contributed by atoms with Crippen LogP contribution in [-0.2, 0) is 13.6 Å². The molecule has 0 radical (unpaired) electrons. The van der Waals surface area contributed by atoms with Crippen LogP contribution in [0.1, 0.15) is 36.5 Å². The number of fused-ring (bicyclic) bond motifs is 1. The molecule has 26 heavy (non-hydrogen) atoms. The largest absolute Gasteiger partial charge is 0.586 e. The Labute approximate surface area is 149 Å². The number of nitrogens with zero attached hydrogens (tertiary/aromatic N) is 3. The van der Waals surface area contributed by atoms with Crippen molar-refractivity contribution >= 4 is 0 Å². The van der Waals surface area contributed by atoms with Crippen LogP contribution >= 0.6 is 0 Å². The third kappa shape index (κ3) is 3.39. The SMILES string of the molecule is Cn1cc(C(O)CC2CCCN2Cc2cccc3c2OC(F)(F)O3)cn1. The van der Waals surface area contributed by atoms with E-state index in [1.54, 1.807) is 29.2 Å². The average Bonchev–Trinajstić information content (AvgIpc) is 3.26. The van der Waals surface area contributed by atoms with Crippen molar-refractivity contribution in [3.8, 4) is 11.5 Å². The number of aliphatic hydroxyl groups is 1. The zero-order valence-corrected chi connectivity index (χ0v) is 14.4. The van der Waals surface area contributed by atoms with Gasteiger partial charge in [0, 0.05) is 37.0 Å². The molecule has 2 aliphatic rings. The van der Waals surface area contributed by atoms with Gasteiger partial charge in [-0.3, -0.25) is 9.58 Å². The predicted octanol–water partition coefficient (Wildman–Crippen LogP) is 2.83. The fourth-order valence-corrected chi connectivity index (χ4v) is 3.74. The zero-order valence-electron chi connectivity index (χ0n) is 14.4. The van der Waals surface area contributed by atoms with Gasteiger partial charge in [0.25, 0.3) is 0 Å². The molecule has 0 spiro atoms. The van der Waals surface area contributed by atoms with Crippen LogP contribution in [0.25, 0.3) is 0 Å². The molecular weight excluding hydrogens is 344 g/mol. The summed E-state index contributed by atoms with van der Waals surface area (Å²) in [4.78, 5) is 2.20. The first-order valence-electron chi connectivity index (χ1n) is 8.70. The molecule has 1 aromatic carbocycles. The summed E-state index contributed by atoms with van der Waals surface area (Å²) < 4.78 is 37.6. The molecule has 0 amide bonds. The molecule has 140 valence electrons. The minimum atomic E-state index is -3.61. The molecule has 2 aliphatic heterocycles. The van der Waals surface area contributed by atoms with Gasteiger partial charge in [0.05, 0.1) is 12.3 Å². The fraction of sp³-hybridized carbons (Fsp3) is 0.500. The Morgan fingerprint density at radius 3 is 3.00 bits per heavy atom. The number of aromatic nitrogens is 2. The van der Waals surface area contributed by atoms with Gasteiger partial charge >= 0.3 is 6.29 Å². The minimum absolute atomic E-state index is 0.0682. The summed E-state index contributed by atoms with van der Waals surface area (Å²) in [6.07, 6.45) is 1.81. The van der Waals surface area contributed by atoms with Gasteiger partial charge in [0.2, 0.25) is 0 Å². The summed E-state index contributed by atoms with van der Waals surface area (Å²) >= 11 is 0. The van der Waals surface area contributed by atoms with Crippen LogP contribution in [0, 0.1) is 0 Å². The van der Waals surface area contributed by atoms with E-state index in [4.69, 9.17) is 0 Å². The summed E-state index contributed by atoms with van der Waals surface area (Å²) in [5.74, 6) is 0.176. The molecule has 1 saturated heterocycles. The van der Waals surface area contributed by atoms with Gasteiger partial charge < -0.3 is 14.6 Å². The quantitative estimate of drug-likeness (QED) is 0.883. The lowest BCUT2D eigenvalue weighted by atomic mass is 10.0. The van der Waals surface area contributed by atoms with Crippen molar-refractivity contribution in [2.45, 2.75) is 44.2 Å². The summed E-state index contributed by atoms with van der Waals surface area (Å²) in [7, 11) is 1.81. The van der Waals surface area contributed by atoms with Crippen LogP contribution in [-0.4, -0.2) is 38.7 Å². The van der Waals surface area contributed by atoms with Crippen LogP contribution in [0.15, 0.2) is 30.6 Å². The summed E-state index contributed by atoms with van der Waals surface area (Å²) in [5, 5.41) is 14.6. The summed E-state index contributed by atoms with van der Waals surface area (Å²) in [6, 6.07) is 5.11. The molecule has 2 aromatic rings. The second-order valence-corrected chi connectivity index (χ2v) is 6.88. The smallest absolute Gasteiger partial charge is 0.395 e. The molecule has 1 aromatic heterocycles. The minimum Gasteiger partial charge on any atom is -0.395 e. The maximum absolute atomic E-state index is 13.4. The number of hydrogen-bond donors (Lipinski definition) is 1. The number of halogens is 2. The molecule has 0 aliphatic carbocycles. The van der Waals surface area contributed by atoms with Crippen molar-refractivity contribution in [3.05, 3.63) is 41.7 Å². The van der Waals surface area contributed by atoms with Gasteiger partial charge in [0.1, 0.15) is 0 Å². The Bertz CT molecular complexity index is 796. The Kier molecular flexibility index (Phi) is 4.32. The second kappa shape index (κ2) is 6.51. The lowest BCUT2D eigenvalue weighted by molar-refractivity contribution is -0.287. The molecule has 1 N–H and O–H groups in total. The molecule has 0 bridgehead atoms. The first kappa shape index (κ1) is 17.2. The maximum atomic E-state index is 13.4. The monoisotopic (exact) mass is 365 g/mol. The highest BCUT2D eigenvalue weighted by molar-refractivity contribution is 5.48. The second-order valence-electron chi connectivity index (χ2n) is 6.88. The Balaban J connectivity index is 1.46. The summed E-state index contributed by atoms with van der Waals surface area (Å²) in [5.41, 5.74) is 1.46. The number of ether oxygens (including phenoxy) is 2. The number of benzene rings is 1. The van der Waals surface area contributed by atoms with E-state index in [1.165, 1.54) is 6.07 Å². The van der Waals surface area contributed by atoms with Crippen LogP contribution in [0.2, 0.25) is 0 Å². The summed E-state index contributed by atoms with van der Waals surface area (Å²) in [6.45, 7) is 1.33. The average molecular weight is 365 g/mol. The molecule has 2 unspecified atom stereocenters. The number of para-hydroxylation sites is 1. The van der Waals surface area contributed by atoms with Crippen molar-refractivity contribution in [2.24, 2.45) is 7.05 Å². The van der Waals surface area contributed by atoms with Crippen molar-refractivity contribution < 1.29 is 23.4 Å². The van der Waals surface area contributed by atoms with Crippen molar-refractivity contribution in [1.82, 2.24) is 14.7 Å². The van der Waals surface area contributed by atoms with Crippen molar-refractivity contribution in [2.75, 3.05) is 6.54 Å². The van der Waals surface area contributed by atoms with E-state index in [9.17, 15) is 13.9 Å². The van der Waals surface area contributed by atoms with Crippen LogP contribution in [0.3, 0.4) is 0 Å². The maximum Gasteiger partial charge on any atom is 0.586 e. The van der Waals surface area contributed by atoms with E-state index in [1.807, 2.05) is 7.05 Å². The Hall–Kier alpha value is -2.19. The van der Waals surface area contributed by atoms with Crippen molar-refractivity contribution in [1.29, 1.82) is 0 Å². The van der Waals surface area contributed by atoms with E-state index in [0.29, 0.717) is 18.5 Å². The molecule has 6 nitrogen and oxygen atoms in total. The third-order valence-corrected chi connectivity index (χ3v) is 4.99. The molecule has 2 atom stereocenters. The lowest BCUT2D eigenvalue weighted by Crippen LogP contribution is -2.30. The number of likely N-dealkylation sites (tertiary alicyclic amines) is 1. The standard InChI is InChI=1S/C18H21F2N3O3/c1-22-10-13(9-21-22)15(24)8-14-5-3-7-23(14)11-12-4-2-6-16-17(12)26-18(19,20)25-16/h2,4,6,9-10,14-15,24H,3,5,7-8,11H2,1H3. The van der Waals surface area contributed by atoms with Gasteiger partial charge in [-0.05, 0) is 31.9 Å². The van der Waals surface area contributed by atoms with E-state index in [2.05, 4.69) is 19.5 Å². The first-order chi connectivity index (χ1) is 12.4. The van der Waals surface area contributed by atoms with E-state index >= 15 is 0 Å². The van der Waals surface area contributed by atoms with E-state index in [0.717, 1.165) is 24.9 Å². The topological polar surface area (TPSA) is 59.8 Å². The molecule has 4 rings (SSSR count). The lowest BCUT2D eigenvalue weighted by Gasteiger charge is -2.26. The van der Waals surface area contributed by atoms with Gasteiger partial charge in [-0.2, -0.15) is 5.10 Å². The number of aryl methyl sites for hydroxylation is 1. The van der Waals surface area contributed by atoms with E-state index in [-0.39, 0.29) is 17.5 Å². The molecular formula is C18H21F2N3O3. The van der Waals surface area contributed by atoms with E-state index < -0.39 is 12.4 Å². The highest BCUT2D eigenvalue weighted by atomic mass is 19.3. The third-order valence-electron chi connectivity index (χ3n) is 4.99. The van der Waals surface area contributed by atoms with Crippen LogP contribution < -0.4 is 9.47 Å². The van der Waals surface area contributed by atoms with Gasteiger partial charge in [-0.25, -0.2) is 0 Å². The fourth-order valence-electron chi connectivity index (χ4n) is 3.74. The zero-order chi connectivity index (χ0) is 18.3. The number of rotatable bonds is 5. The Morgan fingerprint density at radius 1 is 1.38 bits per heavy atom. The van der Waals surface area contributed by atoms with Gasteiger partial charge in [0.15, 0.2) is 11.5 Å². The van der Waals surface area contributed by atoms with Crippen molar-refractivity contribution in [3.63, 3.8) is 0 Å². The van der Waals surface area contributed by atoms with Crippen LogP contribution in [0.5, 0.6) is 11.5 Å². The number of alkyl halides is 2.